The summed E-state index contributed by atoms with van der Waals surface area (Å²) in [5.74, 6) is 0.0570. The van der Waals surface area contributed by atoms with Gasteiger partial charge in [-0.05, 0) is 30.9 Å². The van der Waals surface area contributed by atoms with Gasteiger partial charge >= 0.3 is 0 Å². The van der Waals surface area contributed by atoms with Crippen molar-refractivity contribution in [2.24, 2.45) is 0 Å². The molecule has 1 unspecified atom stereocenters. The highest BCUT2D eigenvalue weighted by atomic mass is 35.5. The van der Waals surface area contributed by atoms with Crippen LogP contribution in [-0.4, -0.2) is 43.1 Å². The first-order valence-corrected chi connectivity index (χ1v) is 10.9. The van der Waals surface area contributed by atoms with E-state index < -0.39 is 21.8 Å². The van der Waals surface area contributed by atoms with Crippen molar-refractivity contribution in [1.82, 2.24) is 15.3 Å². The number of carbonyl (C=O) groups excluding carboxylic acids is 1. The fourth-order valence-corrected chi connectivity index (χ4v) is 5.35. The highest BCUT2D eigenvalue weighted by Crippen LogP contribution is 2.32. The first-order valence-electron chi connectivity index (χ1n) is 8.86. The number of carbonyl (C=O) groups is 1. The van der Waals surface area contributed by atoms with Gasteiger partial charge in [0, 0.05) is 13.1 Å². The minimum atomic E-state index is -3.31. The Bertz CT molecular complexity index is 990. The summed E-state index contributed by atoms with van der Waals surface area (Å²) in [5, 5.41) is 3.06. The number of rotatable bonds is 3. The number of benzene rings is 1. The van der Waals surface area contributed by atoms with Crippen LogP contribution in [0, 0.1) is 0 Å². The van der Waals surface area contributed by atoms with Crippen molar-refractivity contribution in [3.63, 3.8) is 0 Å². The van der Waals surface area contributed by atoms with Crippen LogP contribution in [0.1, 0.15) is 41.4 Å². The van der Waals surface area contributed by atoms with Crippen LogP contribution in [0.5, 0.6) is 0 Å². The van der Waals surface area contributed by atoms with Crippen LogP contribution in [-0.2, 0) is 9.84 Å². The maximum absolute atomic E-state index is 12.8. The number of aromatic nitrogens is 2. The second-order valence-electron chi connectivity index (χ2n) is 6.73. The van der Waals surface area contributed by atoms with Crippen LogP contribution in [0.4, 0.5) is 5.95 Å². The van der Waals surface area contributed by atoms with Gasteiger partial charge in [-0.1, -0.05) is 29.8 Å². The highest BCUT2D eigenvalue weighted by molar-refractivity contribution is 7.91. The lowest BCUT2D eigenvalue weighted by Gasteiger charge is -2.26. The Labute approximate surface area is 162 Å². The molecule has 0 saturated carbocycles. The molecule has 1 amide bonds. The molecule has 0 aliphatic carbocycles. The van der Waals surface area contributed by atoms with Crippen LogP contribution in [0.15, 0.2) is 35.4 Å². The number of hydrogen-bond donors (Lipinski definition) is 1. The van der Waals surface area contributed by atoms with Gasteiger partial charge in [0.25, 0.3) is 5.91 Å². The summed E-state index contributed by atoms with van der Waals surface area (Å²) in [5.41, 5.74) is 0.710. The molecule has 1 N–H and O–H groups in total. The Morgan fingerprint density at radius 1 is 1.22 bits per heavy atom. The standard InChI is InChI=1S/C18H19ClN4O3S/c19-13-11-20-18(23-8-3-4-9-23)22-16(13)17(24)21-14-7-10-27(25,26)15-6-2-1-5-12(14)15/h1-2,5-6,11,14H,3-4,7-10H2,(H,21,24). The minimum Gasteiger partial charge on any atom is -0.344 e. The van der Waals surface area contributed by atoms with Crippen molar-refractivity contribution in [3.05, 3.63) is 46.7 Å². The van der Waals surface area contributed by atoms with Gasteiger partial charge in [-0.2, -0.15) is 0 Å². The van der Waals surface area contributed by atoms with Crippen molar-refractivity contribution in [2.45, 2.75) is 30.2 Å². The molecule has 1 fully saturated rings. The van der Waals surface area contributed by atoms with E-state index in [-0.39, 0.29) is 21.4 Å². The summed E-state index contributed by atoms with van der Waals surface area (Å²) in [6, 6.07) is 6.35. The largest absolute Gasteiger partial charge is 0.344 e. The maximum Gasteiger partial charge on any atom is 0.272 e. The number of fused-ring (bicyclic) bond motifs is 1. The Morgan fingerprint density at radius 2 is 1.96 bits per heavy atom. The second kappa shape index (κ2) is 7.09. The molecule has 9 heteroatoms. The number of halogens is 1. The van der Waals surface area contributed by atoms with E-state index in [2.05, 4.69) is 15.3 Å². The second-order valence-corrected chi connectivity index (χ2v) is 9.22. The van der Waals surface area contributed by atoms with Gasteiger partial charge in [0.1, 0.15) is 0 Å². The summed E-state index contributed by atoms with van der Waals surface area (Å²) in [4.78, 5) is 23.7. The third-order valence-electron chi connectivity index (χ3n) is 4.95. The predicted octanol–water partition coefficient (Wildman–Crippen LogP) is 2.38. The van der Waals surface area contributed by atoms with Crippen LogP contribution in [0.25, 0.3) is 0 Å². The minimum absolute atomic E-state index is 0.00844. The number of nitrogens with one attached hydrogen (secondary N) is 1. The van der Waals surface area contributed by atoms with Crippen molar-refractivity contribution < 1.29 is 13.2 Å². The summed E-state index contributed by atoms with van der Waals surface area (Å²) >= 11 is 6.16. The zero-order valence-corrected chi connectivity index (χ0v) is 16.1. The Morgan fingerprint density at radius 3 is 2.74 bits per heavy atom. The lowest BCUT2D eigenvalue weighted by molar-refractivity contribution is 0.0929. The number of sulfone groups is 1. The third kappa shape index (κ3) is 3.51. The number of hydrogen-bond acceptors (Lipinski definition) is 6. The first kappa shape index (κ1) is 18.2. The summed E-state index contributed by atoms with van der Waals surface area (Å²) < 4.78 is 24.5. The summed E-state index contributed by atoms with van der Waals surface area (Å²) in [6.07, 6.45) is 3.89. The average Bonchev–Trinajstić information content (AvgIpc) is 3.19. The molecule has 142 valence electrons. The van der Waals surface area contributed by atoms with E-state index in [9.17, 15) is 13.2 Å². The summed E-state index contributed by atoms with van der Waals surface area (Å²) in [6.45, 7) is 1.72. The van der Waals surface area contributed by atoms with Gasteiger partial charge in [0.2, 0.25) is 5.95 Å². The molecule has 1 aromatic carbocycles. The van der Waals surface area contributed by atoms with Gasteiger partial charge in [-0.3, -0.25) is 4.79 Å². The van der Waals surface area contributed by atoms with Crippen molar-refractivity contribution in [1.29, 1.82) is 0 Å². The molecule has 1 atom stereocenters. The van der Waals surface area contributed by atoms with E-state index in [0.29, 0.717) is 17.9 Å². The molecule has 7 nitrogen and oxygen atoms in total. The third-order valence-corrected chi connectivity index (χ3v) is 7.04. The molecule has 1 saturated heterocycles. The molecule has 2 aliphatic rings. The average molecular weight is 407 g/mol. The topological polar surface area (TPSA) is 92.3 Å². The fourth-order valence-electron chi connectivity index (χ4n) is 3.55. The van der Waals surface area contributed by atoms with Gasteiger partial charge in [-0.25, -0.2) is 18.4 Å². The monoisotopic (exact) mass is 406 g/mol. The molecule has 3 heterocycles. The predicted molar refractivity (Wildman–Crippen MR) is 102 cm³/mol. The van der Waals surface area contributed by atoms with E-state index >= 15 is 0 Å². The fraction of sp³-hybridized carbons (Fsp3) is 0.389. The van der Waals surface area contributed by atoms with E-state index in [1.165, 1.54) is 6.20 Å². The van der Waals surface area contributed by atoms with E-state index in [0.717, 1.165) is 25.9 Å². The molecular formula is C18H19ClN4O3S. The molecule has 0 spiro atoms. The zero-order chi connectivity index (χ0) is 19.0. The van der Waals surface area contributed by atoms with Crippen LogP contribution < -0.4 is 10.2 Å². The van der Waals surface area contributed by atoms with Gasteiger partial charge in [0.15, 0.2) is 15.5 Å². The van der Waals surface area contributed by atoms with Crippen molar-refractivity contribution in [3.8, 4) is 0 Å². The molecule has 0 radical (unpaired) electrons. The Balaban J connectivity index is 1.60. The SMILES string of the molecule is O=C(NC1CCS(=O)(=O)c2ccccc21)c1nc(N2CCCC2)ncc1Cl. The quantitative estimate of drug-likeness (QED) is 0.841. The molecule has 2 aliphatic heterocycles. The molecule has 1 aromatic heterocycles. The molecule has 4 rings (SSSR count). The van der Waals surface area contributed by atoms with Crippen molar-refractivity contribution in [2.75, 3.05) is 23.7 Å². The summed E-state index contributed by atoms with van der Waals surface area (Å²) in [7, 11) is -3.31. The number of amides is 1. The van der Waals surface area contributed by atoms with Gasteiger partial charge in [-0.15, -0.1) is 0 Å². The Hall–Kier alpha value is -2.19. The van der Waals surface area contributed by atoms with Crippen molar-refractivity contribution >= 4 is 33.3 Å². The van der Waals surface area contributed by atoms with E-state index in [1.54, 1.807) is 24.3 Å². The number of nitrogens with zero attached hydrogens (tertiary/aromatic N) is 3. The highest BCUT2D eigenvalue weighted by Gasteiger charge is 2.31. The first-order chi connectivity index (χ1) is 13.0. The lowest BCUT2D eigenvalue weighted by atomic mass is 10.0. The maximum atomic E-state index is 12.8. The molecule has 27 heavy (non-hydrogen) atoms. The van der Waals surface area contributed by atoms with Gasteiger partial charge < -0.3 is 10.2 Å². The van der Waals surface area contributed by atoms with Crippen LogP contribution in [0.2, 0.25) is 5.02 Å². The van der Waals surface area contributed by atoms with Gasteiger partial charge in [0.05, 0.1) is 27.9 Å². The Kier molecular flexibility index (Phi) is 4.77. The van der Waals surface area contributed by atoms with E-state index in [4.69, 9.17) is 11.6 Å². The molecule has 2 aromatic rings. The molecular weight excluding hydrogens is 388 g/mol. The number of anilines is 1. The molecule has 0 bridgehead atoms. The normalized spacial score (nSPS) is 20.9. The van der Waals surface area contributed by atoms with E-state index in [1.807, 2.05) is 4.90 Å². The lowest BCUT2D eigenvalue weighted by Crippen LogP contribution is -2.34. The zero-order valence-electron chi connectivity index (χ0n) is 14.6. The van der Waals surface area contributed by atoms with Crippen LogP contribution in [0.3, 0.4) is 0 Å². The smallest absolute Gasteiger partial charge is 0.272 e. The van der Waals surface area contributed by atoms with Crippen LogP contribution >= 0.6 is 11.6 Å².